The summed E-state index contributed by atoms with van der Waals surface area (Å²) in [5.41, 5.74) is 0.754. The van der Waals surface area contributed by atoms with E-state index in [1.807, 2.05) is 6.07 Å². The fraction of sp³-hybridized carbons (Fsp3) is 0.222. The number of carboxylic acids is 1. The quantitative estimate of drug-likeness (QED) is 0.789. The van der Waals surface area contributed by atoms with E-state index in [0.29, 0.717) is 5.82 Å². The Morgan fingerprint density at radius 2 is 2.38 bits per heavy atom. The summed E-state index contributed by atoms with van der Waals surface area (Å²) in [7, 11) is 0. The summed E-state index contributed by atoms with van der Waals surface area (Å²) in [6.07, 6.45) is 3.25. The van der Waals surface area contributed by atoms with Gasteiger partial charge in [-0.25, -0.2) is 0 Å². The second-order valence-corrected chi connectivity index (χ2v) is 3.09. The van der Waals surface area contributed by atoms with Gasteiger partial charge in [0.2, 0.25) is 5.82 Å². The van der Waals surface area contributed by atoms with Crippen LogP contribution in [0.5, 0.6) is 0 Å². The van der Waals surface area contributed by atoms with Crippen molar-refractivity contribution in [3.63, 3.8) is 0 Å². The molecule has 0 amide bonds. The molecule has 0 fully saturated rings. The number of tetrazole rings is 1. The van der Waals surface area contributed by atoms with Crippen molar-refractivity contribution in [3.8, 4) is 11.4 Å². The number of aryl methyl sites for hydroxylation is 1. The highest BCUT2D eigenvalue weighted by Gasteiger charge is 2.06. The fourth-order valence-corrected chi connectivity index (χ4v) is 1.14. The molecular formula is C9H9N5O2. The summed E-state index contributed by atoms with van der Waals surface area (Å²) in [5, 5.41) is 20.1. The molecule has 2 rings (SSSR count). The van der Waals surface area contributed by atoms with Gasteiger partial charge in [0.25, 0.3) is 0 Å². The maximum absolute atomic E-state index is 10.4. The molecule has 16 heavy (non-hydrogen) atoms. The Bertz CT molecular complexity index is 482. The van der Waals surface area contributed by atoms with E-state index >= 15 is 0 Å². The molecule has 1 N–H and O–H groups in total. The van der Waals surface area contributed by atoms with Crippen molar-refractivity contribution in [1.29, 1.82) is 0 Å². The molecule has 0 aliphatic rings. The third kappa shape index (κ3) is 2.38. The molecule has 0 aliphatic carbocycles. The predicted octanol–water partition coefficient (Wildman–Crippen LogP) is 0.210. The molecule has 0 atom stereocenters. The van der Waals surface area contributed by atoms with Crippen LogP contribution in [0.25, 0.3) is 11.4 Å². The zero-order valence-corrected chi connectivity index (χ0v) is 8.32. The van der Waals surface area contributed by atoms with E-state index < -0.39 is 5.97 Å². The molecular weight excluding hydrogens is 210 g/mol. The first-order valence-corrected chi connectivity index (χ1v) is 4.66. The van der Waals surface area contributed by atoms with Crippen molar-refractivity contribution in [1.82, 2.24) is 25.2 Å². The maximum atomic E-state index is 10.4. The van der Waals surface area contributed by atoms with Gasteiger partial charge < -0.3 is 5.11 Å². The summed E-state index contributed by atoms with van der Waals surface area (Å²) >= 11 is 0. The molecule has 0 radical (unpaired) electrons. The molecule has 82 valence electrons. The summed E-state index contributed by atoms with van der Waals surface area (Å²) in [6, 6.07) is 3.58. The Labute approximate surface area is 90.7 Å². The number of nitrogens with zero attached hydrogens (tertiary/aromatic N) is 5. The van der Waals surface area contributed by atoms with Crippen molar-refractivity contribution in [2.75, 3.05) is 0 Å². The maximum Gasteiger partial charge on any atom is 0.305 e. The molecule has 0 saturated heterocycles. The van der Waals surface area contributed by atoms with E-state index in [-0.39, 0.29) is 13.0 Å². The largest absolute Gasteiger partial charge is 0.481 e. The average molecular weight is 219 g/mol. The molecule has 0 spiro atoms. The van der Waals surface area contributed by atoms with E-state index in [1.54, 1.807) is 18.5 Å². The first-order chi connectivity index (χ1) is 7.75. The minimum Gasteiger partial charge on any atom is -0.481 e. The molecule has 0 aliphatic heterocycles. The summed E-state index contributed by atoms with van der Waals surface area (Å²) in [6.45, 7) is 0.211. The lowest BCUT2D eigenvalue weighted by atomic mass is 10.3. The third-order valence-electron chi connectivity index (χ3n) is 1.90. The van der Waals surface area contributed by atoms with E-state index in [0.717, 1.165) is 5.56 Å². The lowest BCUT2D eigenvalue weighted by molar-refractivity contribution is -0.137. The fourth-order valence-electron chi connectivity index (χ4n) is 1.14. The Balaban J connectivity index is 2.11. The average Bonchev–Trinajstić information content (AvgIpc) is 2.76. The van der Waals surface area contributed by atoms with Crippen LogP contribution in [0.15, 0.2) is 24.5 Å². The van der Waals surface area contributed by atoms with Crippen LogP contribution in [0.1, 0.15) is 6.42 Å². The smallest absolute Gasteiger partial charge is 0.305 e. The Morgan fingerprint density at radius 1 is 1.50 bits per heavy atom. The van der Waals surface area contributed by atoms with Crippen LogP contribution >= 0.6 is 0 Å². The van der Waals surface area contributed by atoms with Crippen LogP contribution in [0.2, 0.25) is 0 Å². The minimum atomic E-state index is -0.889. The van der Waals surface area contributed by atoms with Crippen LogP contribution in [-0.4, -0.2) is 36.3 Å². The van der Waals surface area contributed by atoms with Crippen molar-refractivity contribution < 1.29 is 9.90 Å². The van der Waals surface area contributed by atoms with Crippen LogP contribution in [0, 0.1) is 0 Å². The molecule has 2 aromatic heterocycles. The lowest BCUT2D eigenvalue weighted by Crippen LogP contribution is -2.07. The van der Waals surface area contributed by atoms with Crippen LogP contribution in [-0.2, 0) is 11.3 Å². The number of hydrogen-bond acceptors (Lipinski definition) is 5. The van der Waals surface area contributed by atoms with E-state index in [4.69, 9.17) is 5.11 Å². The Kier molecular flexibility index (Phi) is 2.86. The number of aliphatic carboxylic acids is 1. The molecule has 0 saturated carbocycles. The van der Waals surface area contributed by atoms with Gasteiger partial charge >= 0.3 is 5.97 Å². The van der Waals surface area contributed by atoms with Gasteiger partial charge in [0.15, 0.2) is 0 Å². The zero-order chi connectivity index (χ0) is 11.4. The van der Waals surface area contributed by atoms with Gasteiger partial charge in [0.1, 0.15) is 0 Å². The van der Waals surface area contributed by atoms with Gasteiger partial charge in [0.05, 0.1) is 13.0 Å². The van der Waals surface area contributed by atoms with Gasteiger partial charge in [-0.15, -0.1) is 10.2 Å². The zero-order valence-electron chi connectivity index (χ0n) is 8.32. The number of carboxylic acid groups (broad SMARTS) is 1. The first-order valence-electron chi connectivity index (χ1n) is 4.66. The van der Waals surface area contributed by atoms with Crippen LogP contribution < -0.4 is 0 Å². The molecule has 7 heteroatoms. The SMILES string of the molecule is O=C(O)CCn1nnc(-c2cccnc2)n1. The van der Waals surface area contributed by atoms with Crippen molar-refractivity contribution >= 4 is 5.97 Å². The number of aromatic nitrogens is 5. The highest BCUT2D eigenvalue weighted by atomic mass is 16.4. The topological polar surface area (TPSA) is 93.8 Å². The lowest BCUT2D eigenvalue weighted by Gasteiger charge is -1.93. The third-order valence-corrected chi connectivity index (χ3v) is 1.90. The number of hydrogen-bond donors (Lipinski definition) is 1. The normalized spacial score (nSPS) is 10.2. The highest BCUT2D eigenvalue weighted by Crippen LogP contribution is 2.10. The van der Waals surface area contributed by atoms with Crippen molar-refractivity contribution in [3.05, 3.63) is 24.5 Å². The number of pyridine rings is 1. The Morgan fingerprint density at radius 3 is 3.06 bits per heavy atom. The second kappa shape index (κ2) is 4.47. The molecule has 0 aromatic carbocycles. The van der Waals surface area contributed by atoms with Crippen LogP contribution in [0.4, 0.5) is 0 Å². The second-order valence-electron chi connectivity index (χ2n) is 3.09. The van der Waals surface area contributed by atoms with Gasteiger partial charge in [-0.2, -0.15) is 4.80 Å². The molecule has 0 bridgehead atoms. The van der Waals surface area contributed by atoms with E-state index in [2.05, 4.69) is 20.4 Å². The van der Waals surface area contributed by atoms with E-state index in [9.17, 15) is 4.79 Å². The number of rotatable bonds is 4. The molecule has 7 nitrogen and oxygen atoms in total. The monoisotopic (exact) mass is 219 g/mol. The standard InChI is InChI=1S/C9H9N5O2/c15-8(16)3-5-14-12-9(11-13-14)7-2-1-4-10-6-7/h1-2,4,6H,3,5H2,(H,15,16). The minimum absolute atomic E-state index is 0.0250. The predicted molar refractivity (Wildman–Crippen MR) is 53.3 cm³/mol. The van der Waals surface area contributed by atoms with Crippen molar-refractivity contribution in [2.24, 2.45) is 0 Å². The summed E-state index contributed by atoms with van der Waals surface area (Å²) in [4.78, 5) is 15.5. The van der Waals surface area contributed by atoms with E-state index in [1.165, 1.54) is 4.80 Å². The molecule has 0 unspecified atom stereocenters. The van der Waals surface area contributed by atoms with Gasteiger partial charge in [-0.3, -0.25) is 9.78 Å². The molecule has 2 aromatic rings. The molecule has 2 heterocycles. The summed E-state index contributed by atoms with van der Waals surface area (Å²) < 4.78 is 0. The number of carbonyl (C=O) groups is 1. The highest BCUT2D eigenvalue weighted by molar-refractivity contribution is 5.66. The van der Waals surface area contributed by atoms with Gasteiger partial charge in [-0.1, -0.05) is 0 Å². The summed E-state index contributed by atoms with van der Waals surface area (Å²) in [5.74, 6) is -0.446. The Hall–Kier alpha value is -2.31. The van der Waals surface area contributed by atoms with Crippen molar-refractivity contribution in [2.45, 2.75) is 13.0 Å². The van der Waals surface area contributed by atoms with Gasteiger partial charge in [0, 0.05) is 18.0 Å². The van der Waals surface area contributed by atoms with Gasteiger partial charge in [-0.05, 0) is 17.3 Å². The van der Waals surface area contributed by atoms with Crippen LogP contribution in [0.3, 0.4) is 0 Å². The first kappa shape index (κ1) is 10.2.